The van der Waals surface area contributed by atoms with Crippen LogP contribution in [0.4, 0.5) is 13.2 Å². The van der Waals surface area contributed by atoms with E-state index in [1.54, 1.807) is 30.2 Å². The SMILES string of the molecule is Oc1cc(C(F)(F)F)ccc1-c1nnc(S[C@@H]2CCCNC2)c2cnccc12. The smallest absolute Gasteiger partial charge is 0.416 e. The van der Waals surface area contributed by atoms with Gasteiger partial charge in [0.2, 0.25) is 0 Å². The van der Waals surface area contributed by atoms with Crippen molar-refractivity contribution in [2.24, 2.45) is 0 Å². The first-order chi connectivity index (χ1) is 13.4. The number of piperidine rings is 1. The van der Waals surface area contributed by atoms with Crippen LogP contribution in [0.25, 0.3) is 22.0 Å². The zero-order valence-electron chi connectivity index (χ0n) is 14.7. The van der Waals surface area contributed by atoms with E-state index in [4.69, 9.17) is 0 Å². The number of aromatic nitrogens is 3. The number of hydrogen-bond acceptors (Lipinski definition) is 6. The number of nitrogens with zero attached hydrogens (tertiary/aromatic N) is 3. The molecule has 1 fully saturated rings. The predicted molar refractivity (Wildman–Crippen MR) is 101 cm³/mol. The number of phenolic OH excluding ortho intramolecular Hbond substituents is 1. The molecule has 9 heteroatoms. The Hall–Kier alpha value is -2.39. The summed E-state index contributed by atoms with van der Waals surface area (Å²) in [7, 11) is 0. The first kappa shape index (κ1) is 18.9. The average Bonchev–Trinajstić information content (AvgIpc) is 2.69. The van der Waals surface area contributed by atoms with Gasteiger partial charge in [-0.1, -0.05) is 11.8 Å². The van der Waals surface area contributed by atoms with E-state index in [1.165, 1.54) is 6.07 Å². The minimum Gasteiger partial charge on any atom is -0.507 e. The quantitative estimate of drug-likeness (QED) is 0.677. The number of pyridine rings is 1. The van der Waals surface area contributed by atoms with Crippen LogP contribution in [0.2, 0.25) is 0 Å². The standard InChI is InChI=1S/C19H17F3N4OS/c20-19(21,22)11-3-4-14(16(27)8-11)17-13-5-7-24-10-15(13)18(26-25-17)28-12-2-1-6-23-9-12/h3-5,7-8,10,12,23,27H,1-2,6,9H2/t12-/m1/s1. The van der Waals surface area contributed by atoms with Crippen LogP contribution in [-0.2, 0) is 6.18 Å². The summed E-state index contributed by atoms with van der Waals surface area (Å²) in [5, 5.41) is 24.6. The summed E-state index contributed by atoms with van der Waals surface area (Å²) in [5.41, 5.74) is -0.382. The Morgan fingerprint density at radius 3 is 2.71 bits per heavy atom. The van der Waals surface area contributed by atoms with Crippen molar-refractivity contribution in [3.8, 4) is 17.0 Å². The Morgan fingerprint density at radius 1 is 1.14 bits per heavy atom. The third-order valence-electron chi connectivity index (χ3n) is 4.66. The van der Waals surface area contributed by atoms with Crippen LogP contribution in [0.15, 0.2) is 41.7 Å². The van der Waals surface area contributed by atoms with Crippen LogP contribution in [0.1, 0.15) is 18.4 Å². The molecule has 1 saturated heterocycles. The van der Waals surface area contributed by atoms with Gasteiger partial charge in [0.1, 0.15) is 16.5 Å². The van der Waals surface area contributed by atoms with Gasteiger partial charge in [-0.15, -0.1) is 10.2 Å². The van der Waals surface area contributed by atoms with Gasteiger partial charge in [-0.25, -0.2) is 0 Å². The molecule has 4 rings (SSSR count). The fraction of sp³-hybridized carbons (Fsp3) is 0.316. The largest absolute Gasteiger partial charge is 0.507 e. The van der Waals surface area contributed by atoms with Gasteiger partial charge in [0.15, 0.2) is 0 Å². The van der Waals surface area contributed by atoms with E-state index < -0.39 is 17.5 Å². The summed E-state index contributed by atoms with van der Waals surface area (Å²) in [6, 6.07) is 4.60. The molecule has 3 heterocycles. The van der Waals surface area contributed by atoms with E-state index in [0.29, 0.717) is 22.4 Å². The molecule has 0 spiro atoms. The molecule has 1 atom stereocenters. The Kier molecular flexibility index (Phi) is 5.11. The molecule has 1 aliphatic heterocycles. The van der Waals surface area contributed by atoms with Gasteiger partial charge in [-0.2, -0.15) is 13.2 Å². The van der Waals surface area contributed by atoms with Crippen molar-refractivity contribution < 1.29 is 18.3 Å². The van der Waals surface area contributed by atoms with Crippen molar-refractivity contribution >= 4 is 22.5 Å². The molecule has 0 aliphatic carbocycles. The zero-order chi connectivity index (χ0) is 19.7. The van der Waals surface area contributed by atoms with Gasteiger partial charge in [0.05, 0.1) is 5.56 Å². The Bertz CT molecular complexity index is 1010. The average molecular weight is 406 g/mol. The maximum Gasteiger partial charge on any atom is 0.416 e. The molecule has 0 saturated carbocycles. The third kappa shape index (κ3) is 3.77. The maximum atomic E-state index is 12.9. The fourth-order valence-electron chi connectivity index (χ4n) is 3.25. The second-order valence-electron chi connectivity index (χ2n) is 6.59. The number of alkyl halides is 3. The number of fused-ring (bicyclic) bond motifs is 1. The van der Waals surface area contributed by atoms with Crippen LogP contribution >= 0.6 is 11.8 Å². The highest BCUT2D eigenvalue weighted by molar-refractivity contribution is 8.00. The molecule has 0 bridgehead atoms. The van der Waals surface area contributed by atoms with Gasteiger partial charge < -0.3 is 10.4 Å². The van der Waals surface area contributed by atoms with Gasteiger partial charge in [-0.3, -0.25) is 4.98 Å². The number of phenols is 1. The number of halogens is 3. The maximum absolute atomic E-state index is 12.9. The highest BCUT2D eigenvalue weighted by atomic mass is 32.2. The summed E-state index contributed by atoms with van der Waals surface area (Å²) in [4.78, 5) is 4.16. The van der Waals surface area contributed by atoms with E-state index in [2.05, 4.69) is 20.5 Å². The minimum absolute atomic E-state index is 0.201. The van der Waals surface area contributed by atoms with Crippen molar-refractivity contribution in [3.63, 3.8) is 0 Å². The molecule has 146 valence electrons. The number of rotatable bonds is 3. The summed E-state index contributed by atoms with van der Waals surface area (Å²) < 4.78 is 38.6. The molecule has 1 aromatic carbocycles. The second-order valence-corrected chi connectivity index (χ2v) is 7.88. The lowest BCUT2D eigenvalue weighted by atomic mass is 10.0. The number of nitrogens with one attached hydrogen (secondary N) is 1. The van der Waals surface area contributed by atoms with E-state index in [-0.39, 0.29) is 5.56 Å². The van der Waals surface area contributed by atoms with E-state index >= 15 is 0 Å². The van der Waals surface area contributed by atoms with Gasteiger partial charge >= 0.3 is 6.18 Å². The lowest BCUT2D eigenvalue weighted by Gasteiger charge is -2.22. The van der Waals surface area contributed by atoms with Crippen LogP contribution < -0.4 is 5.32 Å². The van der Waals surface area contributed by atoms with E-state index in [0.717, 1.165) is 42.4 Å². The Balaban J connectivity index is 1.76. The van der Waals surface area contributed by atoms with Crippen molar-refractivity contribution in [1.82, 2.24) is 20.5 Å². The predicted octanol–water partition coefficient (Wildman–Crippen LogP) is 4.26. The summed E-state index contributed by atoms with van der Waals surface area (Å²) in [6.07, 6.45) is 0.905. The summed E-state index contributed by atoms with van der Waals surface area (Å²) in [5.74, 6) is -0.487. The first-order valence-electron chi connectivity index (χ1n) is 8.82. The second kappa shape index (κ2) is 7.56. The van der Waals surface area contributed by atoms with Crippen molar-refractivity contribution in [1.29, 1.82) is 0 Å². The molecule has 0 amide bonds. The number of thioether (sulfide) groups is 1. The molecule has 2 N–H and O–H groups in total. The molecule has 0 unspecified atom stereocenters. The van der Waals surface area contributed by atoms with Crippen molar-refractivity contribution in [2.75, 3.05) is 13.1 Å². The van der Waals surface area contributed by atoms with Crippen molar-refractivity contribution in [2.45, 2.75) is 29.3 Å². The highest BCUT2D eigenvalue weighted by Crippen LogP contribution is 2.39. The first-order valence-corrected chi connectivity index (χ1v) is 9.70. The molecule has 1 aliphatic rings. The monoisotopic (exact) mass is 406 g/mol. The van der Waals surface area contributed by atoms with Crippen LogP contribution in [0.5, 0.6) is 5.75 Å². The number of benzene rings is 1. The van der Waals surface area contributed by atoms with E-state index in [9.17, 15) is 18.3 Å². The van der Waals surface area contributed by atoms with Gasteiger partial charge in [0, 0.05) is 40.5 Å². The van der Waals surface area contributed by atoms with Gasteiger partial charge in [-0.05, 0) is 43.7 Å². The lowest BCUT2D eigenvalue weighted by molar-refractivity contribution is -0.137. The minimum atomic E-state index is -4.53. The molecule has 2 aromatic heterocycles. The normalized spacial score (nSPS) is 17.8. The van der Waals surface area contributed by atoms with Crippen LogP contribution in [-0.4, -0.2) is 38.6 Å². The Labute approximate surface area is 163 Å². The number of aromatic hydroxyl groups is 1. The van der Waals surface area contributed by atoms with Crippen LogP contribution in [0.3, 0.4) is 0 Å². The van der Waals surface area contributed by atoms with Gasteiger partial charge in [0.25, 0.3) is 0 Å². The molecule has 3 aromatic rings. The topological polar surface area (TPSA) is 70.9 Å². The number of hydrogen-bond donors (Lipinski definition) is 2. The molecule has 5 nitrogen and oxygen atoms in total. The molecule has 0 radical (unpaired) electrons. The van der Waals surface area contributed by atoms with Crippen LogP contribution in [0, 0.1) is 0 Å². The Morgan fingerprint density at radius 2 is 2.00 bits per heavy atom. The molecular weight excluding hydrogens is 389 g/mol. The summed E-state index contributed by atoms with van der Waals surface area (Å²) >= 11 is 1.62. The lowest BCUT2D eigenvalue weighted by Crippen LogP contribution is -2.31. The highest BCUT2D eigenvalue weighted by Gasteiger charge is 2.31. The van der Waals surface area contributed by atoms with Crippen molar-refractivity contribution in [3.05, 3.63) is 42.2 Å². The zero-order valence-corrected chi connectivity index (χ0v) is 15.5. The molecule has 28 heavy (non-hydrogen) atoms. The summed E-state index contributed by atoms with van der Waals surface area (Å²) in [6.45, 7) is 1.90. The molecular formula is C19H17F3N4OS. The third-order valence-corrected chi connectivity index (χ3v) is 5.92. The van der Waals surface area contributed by atoms with E-state index in [1.807, 2.05) is 0 Å². The fourth-order valence-corrected chi connectivity index (χ4v) is 4.43.